The standard InChI is InChI=1S/C25H25ClN2O4/c1-17(2)32-24-10-7-20(13-23(24)26)25(30)28-21(15-29)12-18-5-8-22(9-6-18)31-16-19-4-3-11-27-14-19/h3-11,13-15,17,21H,12,16H2,1-2H3,(H,28,30). The molecular formula is C25H25ClN2O4. The molecule has 0 saturated carbocycles. The molecule has 6 nitrogen and oxygen atoms in total. The predicted molar refractivity (Wildman–Crippen MR) is 123 cm³/mol. The number of aromatic nitrogens is 1. The summed E-state index contributed by atoms with van der Waals surface area (Å²) in [7, 11) is 0. The molecule has 166 valence electrons. The van der Waals surface area contributed by atoms with Gasteiger partial charge in [0.15, 0.2) is 0 Å². The maximum Gasteiger partial charge on any atom is 0.251 e. The summed E-state index contributed by atoms with van der Waals surface area (Å²) in [6.07, 6.45) is 4.52. The first-order valence-corrected chi connectivity index (χ1v) is 10.7. The molecule has 32 heavy (non-hydrogen) atoms. The summed E-state index contributed by atoms with van der Waals surface area (Å²) in [5.41, 5.74) is 2.23. The van der Waals surface area contributed by atoms with Gasteiger partial charge in [-0.25, -0.2) is 0 Å². The zero-order chi connectivity index (χ0) is 22.9. The van der Waals surface area contributed by atoms with Gasteiger partial charge < -0.3 is 19.6 Å². The van der Waals surface area contributed by atoms with Crippen molar-refractivity contribution < 1.29 is 19.1 Å². The number of nitrogens with zero attached hydrogens (tertiary/aromatic N) is 1. The summed E-state index contributed by atoms with van der Waals surface area (Å²) in [5, 5.41) is 3.08. The summed E-state index contributed by atoms with van der Waals surface area (Å²) in [6, 6.07) is 15.3. The molecule has 1 amide bonds. The van der Waals surface area contributed by atoms with E-state index in [4.69, 9.17) is 21.1 Å². The number of carbonyl (C=O) groups excluding carboxylic acids is 2. The molecule has 3 aromatic rings. The molecule has 1 N–H and O–H groups in total. The largest absolute Gasteiger partial charge is 0.489 e. The van der Waals surface area contributed by atoms with Gasteiger partial charge in [0.25, 0.3) is 5.91 Å². The van der Waals surface area contributed by atoms with Crippen LogP contribution < -0.4 is 14.8 Å². The molecule has 0 aliphatic heterocycles. The number of amides is 1. The van der Waals surface area contributed by atoms with Crippen LogP contribution >= 0.6 is 11.6 Å². The molecule has 1 atom stereocenters. The van der Waals surface area contributed by atoms with Crippen LogP contribution in [0.15, 0.2) is 67.0 Å². The Balaban J connectivity index is 1.56. The van der Waals surface area contributed by atoms with E-state index < -0.39 is 6.04 Å². The van der Waals surface area contributed by atoms with E-state index in [1.54, 1.807) is 24.5 Å². The van der Waals surface area contributed by atoms with Gasteiger partial charge in [-0.1, -0.05) is 29.8 Å². The molecule has 0 aliphatic rings. The van der Waals surface area contributed by atoms with E-state index in [-0.39, 0.29) is 12.0 Å². The van der Waals surface area contributed by atoms with E-state index >= 15 is 0 Å². The minimum Gasteiger partial charge on any atom is -0.489 e. The molecule has 0 saturated heterocycles. The van der Waals surface area contributed by atoms with Gasteiger partial charge in [-0.2, -0.15) is 0 Å². The average molecular weight is 453 g/mol. The van der Waals surface area contributed by atoms with E-state index in [2.05, 4.69) is 10.3 Å². The lowest BCUT2D eigenvalue weighted by Crippen LogP contribution is -2.37. The number of pyridine rings is 1. The van der Waals surface area contributed by atoms with Crippen LogP contribution in [0.4, 0.5) is 0 Å². The predicted octanol–water partition coefficient (Wildman–Crippen LogP) is 4.64. The topological polar surface area (TPSA) is 77.5 Å². The highest BCUT2D eigenvalue weighted by atomic mass is 35.5. The molecule has 0 spiro atoms. The zero-order valence-electron chi connectivity index (χ0n) is 18.0. The van der Waals surface area contributed by atoms with Crippen molar-refractivity contribution in [3.8, 4) is 11.5 Å². The Hall–Kier alpha value is -3.38. The number of hydrogen-bond donors (Lipinski definition) is 1. The number of rotatable bonds is 10. The van der Waals surface area contributed by atoms with Crippen LogP contribution in [0, 0.1) is 0 Å². The van der Waals surface area contributed by atoms with Crippen LogP contribution in [-0.4, -0.2) is 29.3 Å². The Morgan fingerprint density at radius 2 is 1.91 bits per heavy atom. The van der Waals surface area contributed by atoms with E-state index in [0.717, 1.165) is 17.4 Å². The van der Waals surface area contributed by atoms with E-state index in [9.17, 15) is 9.59 Å². The van der Waals surface area contributed by atoms with Gasteiger partial charge in [0.05, 0.1) is 17.2 Å². The van der Waals surface area contributed by atoms with Gasteiger partial charge in [-0.15, -0.1) is 0 Å². The monoisotopic (exact) mass is 452 g/mol. The fourth-order valence-electron chi connectivity index (χ4n) is 3.00. The first-order valence-electron chi connectivity index (χ1n) is 10.3. The summed E-state index contributed by atoms with van der Waals surface area (Å²) in [6.45, 7) is 4.21. The van der Waals surface area contributed by atoms with Gasteiger partial charge in [0.2, 0.25) is 0 Å². The lowest BCUT2D eigenvalue weighted by atomic mass is 10.1. The molecule has 0 bridgehead atoms. The first-order chi connectivity index (χ1) is 15.4. The van der Waals surface area contributed by atoms with Crippen molar-refractivity contribution in [1.29, 1.82) is 0 Å². The number of nitrogens with one attached hydrogen (secondary N) is 1. The van der Waals surface area contributed by atoms with E-state index in [0.29, 0.717) is 35.1 Å². The molecular weight excluding hydrogens is 428 g/mol. The molecule has 0 fully saturated rings. The number of hydrogen-bond acceptors (Lipinski definition) is 5. The number of benzene rings is 2. The molecule has 1 heterocycles. The lowest BCUT2D eigenvalue weighted by molar-refractivity contribution is -0.109. The Morgan fingerprint density at radius 3 is 2.53 bits per heavy atom. The highest BCUT2D eigenvalue weighted by molar-refractivity contribution is 6.32. The Morgan fingerprint density at radius 1 is 1.12 bits per heavy atom. The van der Waals surface area contributed by atoms with Gasteiger partial charge in [-0.3, -0.25) is 9.78 Å². The van der Waals surface area contributed by atoms with Gasteiger partial charge >= 0.3 is 0 Å². The van der Waals surface area contributed by atoms with Crippen molar-refractivity contribution in [2.75, 3.05) is 0 Å². The van der Waals surface area contributed by atoms with Crippen molar-refractivity contribution in [3.63, 3.8) is 0 Å². The number of halogens is 1. The molecule has 3 rings (SSSR count). The number of carbonyl (C=O) groups is 2. The van der Waals surface area contributed by atoms with Crippen LogP contribution in [0.5, 0.6) is 11.5 Å². The van der Waals surface area contributed by atoms with Crippen LogP contribution in [0.2, 0.25) is 5.02 Å². The third-order valence-corrected chi connectivity index (χ3v) is 4.84. The molecule has 0 aliphatic carbocycles. The van der Waals surface area contributed by atoms with E-state index in [1.807, 2.05) is 50.2 Å². The SMILES string of the molecule is CC(C)Oc1ccc(C(=O)NC(C=O)Cc2ccc(OCc3cccnc3)cc2)cc1Cl. The summed E-state index contributed by atoms with van der Waals surface area (Å²) in [5.74, 6) is 0.843. The highest BCUT2D eigenvalue weighted by Gasteiger charge is 2.16. The minimum atomic E-state index is -0.671. The molecule has 1 aromatic heterocycles. The normalized spacial score (nSPS) is 11.6. The minimum absolute atomic E-state index is 0.0289. The quantitative estimate of drug-likeness (QED) is 0.453. The molecule has 1 unspecified atom stereocenters. The van der Waals surface area contributed by atoms with Crippen molar-refractivity contribution in [3.05, 3.63) is 88.7 Å². The second kappa shape index (κ2) is 11.3. The maximum absolute atomic E-state index is 12.6. The Kier molecular flexibility index (Phi) is 8.22. The van der Waals surface area contributed by atoms with Gasteiger partial charge in [0, 0.05) is 23.5 Å². The van der Waals surface area contributed by atoms with Gasteiger partial charge in [-0.05, 0) is 62.2 Å². The third kappa shape index (κ3) is 6.82. The van der Waals surface area contributed by atoms with Crippen molar-refractivity contribution in [2.45, 2.75) is 39.0 Å². The van der Waals surface area contributed by atoms with Crippen LogP contribution in [0.1, 0.15) is 35.3 Å². The number of aldehydes is 1. The Labute approximate surface area is 192 Å². The average Bonchev–Trinajstić information content (AvgIpc) is 2.79. The fourth-order valence-corrected chi connectivity index (χ4v) is 3.23. The van der Waals surface area contributed by atoms with Crippen molar-refractivity contribution in [2.24, 2.45) is 0 Å². The lowest BCUT2D eigenvalue weighted by Gasteiger charge is -2.15. The summed E-state index contributed by atoms with van der Waals surface area (Å²) >= 11 is 6.21. The Bertz CT molecular complexity index is 1040. The van der Waals surface area contributed by atoms with Gasteiger partial charge in [0.1, 0.15) is 24.4 Å². The third-order valence-electron chi connectivity index (χ3n) is 4.54. The second-order valence-electron chi connectivity index (χ2n) is 7.53. The van der Waals surface area contributed by atoms with Crippen LogP contribution in [0.3, 0.4) is 0 Å². The molecule has 2 aromatic carbocycles. The zero-order valence-corrected chi connectivity index (χ0v) is 18.7. The van der Waals surface area contributed by atoms with Crippen molar-refractivity contribution in [1.82, 2.24) is 10.3 Å². The summed E-state index contributed by atoms with van der Waals surface area (Å²) < 4.78 is 11.3. The molecule has 7 heteroatoms. The second-order valence-corrected chi connectivity index (χ2v) is 7.93. The smallest absolute Gasteiger partial charge is 0.251 e. The first kappa shape index (κ1) is 23.3. The fraction of sp³-hybridized carbons (Fsp3) is 0.240. The maximum atomic E-state index is 12.6. The van der Waals surface area contributed by atoms with Crippen LogP contribution in [0.25, 0.3) is 0 Å². The summed E-state index contributed by atoms with van der Waals surface area (Å²) in [4.78, 5) is 28.2. The number of ether oxygens (including phenoxy) is 2. The van der Waals surface area contributed by atoms with Crippen molar-refractivity contribution >= 4 is 23.8 Å². The highest BCUT2D eigenvalue weighted by Crippen LogP contribution is 2.26. The van der Waals surface area contributed by atoms with E-state index in [1.165, 1.54) is 6.07 Å². The van der Waals surface area contributed by atoms with Crippen LogP contribution in [-0.2, 0) is 17.8 Å². The molecule has 0 radical (unpaired) electrons.